The van der Waals surface area contributed by atoms with E-state index in [1.54, 1.807) is 22.7 Å². The van der Waals surface area contributed by atoms with Crippen LogP contribution in [0.15, 0.2) is 32.1 Å². The molecule has 0 N–H and O–H groups in total. The van der Waals surface area contributed by atoms with E-state index < -0.39 is 0 Å². The predicted octanol–water partition coefficient (Wildman–Crippen LogP) is 3.07. The van der Waals surface area contributed by atoms with E-state index in [9.17, 15) is 4.79 Å². The minimum absolute atomic E-state index is 0.234. The van der Waals surface area contributed by atoms with Gasteiger partial charge < -0.3 is 4.42 Å². The van der Waals surface area contributed by atoms with Crippen molar-refractivity contribution in [2.45, 2.75) is 0 Å². The van der Waals surface area contributed by atoms with Gasteiger partial charge in [0.25, 0.3) is 0 Å². The van der Waals surface area contributed by atoms with Gasteiger partial charge in [0.05, 0.1) is 14.8 Å². The maximum atomic E-state index is 11.4. The number of thiophene rings is 2. The van der Waals surface area contributed by atoms with Gasteiger partial charge in [-0.2, -0.15) is 0 Å². The lowest BCUT2D eigenvalue weighted by molar-refractivity contribution is 0.571. The third-order valence-electron chi connectivity index (χ3n) is 1.92. The Morgan fingerprint density at radius 1 is 1.08 bits per heavy atom. The molecule has 4 heteroatoms. The number of fused-ring (bicyclic) bond motifs is 3. The van der Waals surface area contributed by atoms with Crippen molar-refractivity contribution in [3.05, 3.63) is 33.3 Å². The van der Waals surface area contributed by atoms with Crippen molar-refractivity contribution in [3.8, 4) is 0 Å². The quantitative estimate of drug-likeness (QED) is 0.568. The van der Waals surface area contributed by atoms with Crippen molar-refractivity contribution < 1.29 is 4.42 Å². The highest BCUT2D eigenvalue weighted by atomic mass is 32.1. The van der Waals surface area contributed by atoms with E-state index in [1.165, 1.54) is 0 Å². The number of rotatable bonds is 0. The first-order chi connectivity index (χ1) is 6.36. The predicted molar refractivity (Wildman–Crippen MR) is 55.7 cm³/mol. The van der Waals surface area contributed by atoms with Crippen LogP contribution in [0.5, 0.6) is 0 Å². The summed E-state index contributed by atoms with van der Waals surface area (Å²) in [5, 5.41) is 4.55. The fourth-order valence-electron chi connectivity index (χ4n) is 1.34. The van der Waals surface area contributed by atoms with Gasteiger partial charge in [0.15, 0.2) is 5.58 Å². The van der Waals surface area contributed by atoms with Gasteiger partial charge in [0.2, 0.25) is 0 Å². The molecule has 0 spiro atoms. The van der Waals surface area contributed by atoms with Gasteiger partial charge in [-0.25, -0.2) is 4.79 Å². The third-order valence-corrected chi connectivity index (χ3v) is 3.90. The molecule has 64 valence electrons. The molecule has 3 heterocycles. The minimum Gasteiger partial charge on any atom is -0.421 e. The van der Waals surface area contributed by atoms with Crippen LogP contribution < -0.4 is 5.63 Å². The molecule has 0 amide bonds. The van der Waals surface area contributed by atoms with Crippen LogP contribution in [0, 0.1) is 0 Å². The molecule has 0 radical (unpaired) electrons. The zero-order valence-electron chi connectivity index (χ0n) is 6.44. The Balaban J connectivity index is 2.79. The standard InChI is InChI=1S/C9H4O2S2/c10-9-5-1-3-12-7(5)8-6(11-9)2-4-13-8/h1-4H. The summed E-state index contributed by atoms with van der Waals surface area (Å²) in [7, 11) is 0. The first kappa shape index (κ1) is 7.29. The fourth-order valence-corrected chi connectivity index (χ4v) is 3.23. The Morgan fingerprint density at radius 2 is 1.85 bits per heavy atom. The normalized spacial score (nSPS) is 11.4. The second kappa shape index (κ2) is 2.43. The van der Waals surface area contributed by atoms with Gasteiger partial charge in [-0.05, 0) is 22.9 Å². The number of hydrogen-bond donors (Lipinski definition) is 0. The average molecular weight is 208 g/mol. The lowest BCUT2D eigenvalue weighted by atomic mass is 10.3. The van der Waals surface area contributed by atoms with Crippen LogP contribution in [-0.2, 0) is 0 Å². The summed E-state index contributed by atoms with van der Waals surface area (Å²) in [6, 6.07) is 3.64. The second-order valence-electron chi connectivity index (χ2n) is 2.67. The van der Waals surface area contributed by atoms with Gasteiger partial charge in [-0.15, -0.1) is 22.7 Å². The summed E-state index contributed by atoms with van der Waals surface area (Å²) in [6.45, 7) is 0. The largest absolute Gasteiger partial charge is 0.421 e. The molecule has 0 aliphatic heterocycles. The Labute approximate surface area is 81.0 Å². The molecule has 2 nitrogen and oxygen atoms in total. The van der Waals surface area contributed by atoms with E-state index in [-0.39, 0.29) is 5.63 Å². The lowest BCUT2D eigenvalue weighted by Crippen LogP contribution is -1.95. The van der Waals surface area contributed by atoms with Crippen LogP contribution in [0.4, 0.5) is 0 Å². The van der Waals surface area contributed by atoms with Gasteiger partial charge in [-0.1, -0.05) is 0 Å². The van der Waals surface area contributed by atoms with E-state index >= 15 is 0 Å². The van der Waals surface area contributed by atoms with Crippen molar-refractivity contribution in [3.63, 3.8) is 0 Å². The van der Waals surface area contributed by atoms with E-state index in [2.05, 4.69) is 0 Å². The summed E-state index contributed by atoms with van der Waals surface area (Å²) < 4.78 is 7.25. The lowest BCUT2D eigenvalue weighted by Gasteiger charge is -1.89. The van der Waals surface area contributed by atoms with Gasteiger partial charge in [-0.3, -0.25) is 0 Å². The van der Waals surface area contributed by atoms with Crippen LogP contribution in [0.3, 0.4) is 0 Å². The number of hydrogen-bond acceptors (Lipinski definition) is 4. The summed E-state index contributed by atoms with van der Waals surface area (Å²) in [6.07, 6.45) is 0. The Kier molecular flexibility index (Phi) is 1.36. The van der Waals surface area contributed by atoms with Gasteiger partial charge in [0, 0.05) is 0 Å². The first-order valence-corrected chi connectivity index (χ1v) is 5.50. The molecule has 0 unspecified atom stereocenters. The molecule has 0 fully saturated rings. The molecular formula is C9H4O2S2. The van der Waals surface area contributed by atoms with E-state index in [0.717, 1.165) is 9.40 Å². The first-order valence-electron chi connectivity index (χ1n) is 3.74. The van der Waals surface area contributed by atoms with Crippen LogP contribution in [0.25, 0.3) is 20.4 Å². The molecule has 13 heavy (non-hydrogen) atoms. The molecule has 3 aromatic rings. The molecule has 0 atom stereocenters. The smallest absolute Gasteiger partial charge is 0.345 e. The van der Waals surface area contributed by atoms with Crippen LogP contribution in [0.2, 0.25) is 0 Å². The molecule has 0 saturated heterocycles. The molecule has 0 aromatic carbocycles. The molecule has 3 aromatic heterocycles. The summed E-state index contributed by atoms with van der Waals surface area (Å²) >= 11 is 3.19. The van der Waals surface area contributed by atoms with Crippen molar-refractivity contribution >= 4 is 43.0 Å². The van der Waals surface area contributed by atoms with Crippen molar-refractivity contribution in [2.75, 3.05) is 0 Å². The molecule has 0 aliphatic rings. The van der Waals surface area contributed by atoms with Crippen molar-refractivity contribution in [1.29, 1.82) is 0 Å². The Bertz CT molecular complexity index is 629. The second-order valence-corrected chi connectivity index (χ2v) is 4.50. The topological polar surface area (TPSA) is 30.2 Å². The van der Waals surface area contributed by atoms with E-state index in [1.807, 2.05) is 22.9 Å². The SMILES string of the molecule is O=c1oc2ccsc2c2sccc12. The molecule has 0 saturated carbocycles. The average Bonchev–Trinajstić information content (AvgIpc) is 2.66. The van der Waals surface area contributed by atoms with Crippen LogP contribution in [-0.4, -0.2) is 0 Å². The summed E-state index contributed by atoms with van der Waals surface area (Å²) in [5.41, 5.74) is 0.465. The molecular weight excluding hydrogens is 204 g/mol. The summed E-state index contributed by atoms with van der Waals surface area (Å²) in [5.74, 6) is 0. The van der Waals surface area contributed by atoms with Crippen LogP contribution >= 0.6 is 22.7 Å². The van der Waals surface area contributed by atoms with Gasteiger partial charge in [0.1, 0.15) is 0 Å². The van der Waals surface area contributed by atoms with Crippen molar-refractivity contribution in [1.82, 2.24) is 0 Å². The van der Waals surface area contributed by atoms with E-state index in [0.29, 0.717) is 11.0 Å². The van der Waals surface area contributed by atoms with Crippen LogP contribution in [0.1, 0.15) is 0 Å². The fraction of sp³-hybridized carbons (Fsp3) is 0. The monoisotopic (exact) mass is 208 g/mol. The summed E-state index contributed by atoms with van der Waals surface area (Å²) in [4.78, 5) is 11.4. The van der Waals surface area contributed by atoms with E-state index in [4.69, 9.17) is 4.42 Å². The molecule has 0 bridgehead atoms. The highest BCUT2D eigenvalue weighted by molar-refractivity contribution is 7.25. The molecule has 0 aliphatic carbocycles. The van der Waals surface area contributed by atoms with Crippen molar-refractivity contribution in [2.24, 2.45) is 0 Å². The minimum atomic E-state index is -0.234. The highest BCUT2D eigenvalue weighted by Gasteiger charge is 2.08. The van der Waals surface area contributed by atoms with Gasteiger partial charge >= 0.3 is 5.63 Å². The molecule has 3 rings (SSSR count). The zero-order chi connectivity index (χ0) is 8.84. The zero-order valence-corrected chi connectivity index (χ0v) is 8.08. The third kappa shape index (κ3) is 0.897. The Hall–Kier alpha value is -1.13. The maximum absolute atomic E-state index is 11.4. The Morgan fingerprint density at radius 3 is 2.77 bits per heavy atom. The maximum Gasteiger partial charge on any atom is 0.345 e. The highest BCUT2D eigenvalue weighted by Crippen LogP contribution is 2.30.